The van der Waals surface area contributed by atoms with Crippen molar-refractivity contribution in [2.24, 2.45) is 7.05 Å². The van der Waals surface area contributed by atoms with Crippen LogP contribution in [-0.2, 0) is 17.1 Å². The lowest BCUT2D eigenvalue weighted by Crippen LogP contribution is -2.23. The van der Waals surface area contributed by atoms with E-state index in [-0.39, 0.29) is 16.1 Å². The van der Waals surface area contributed by atoms with Crippen LogP contribution in [0.3, 0.4) is 0 Å². The lowest BCUT2D eigenvalue weighted by atomic mass is 10.2. The number of sulfonamides is 1. The number of carbonyl (C=O) groups excluding carboxylic acids is 1. The van der Waals surface area contributed by atoms with Crippen LogP contribution in [0.15, 0.2) is 88.6 Å². The minimum atomic E-state index is -4.16. The Morgan fingerprint density at radius 3 is 2.33 bits per heavy atom. The summed E-state index contributed by atoms with van der Waals surface area (Å²) in [4.78, 5) is 25.7. The minimum Gasteiger partial charge on any atom is -0.494 e. The van der Waals surface area contributed by atoms with Crippen molar-refractivity contribution in [3.05, 3.63) is 100 Å². The van der Waals surface area contributed by atoms with Crippen molar-refractivity contribution in [3.63, 3.8) is 0 Å². The molecule has 1 aromatic heterocycles. The predicted octanol–water partition coefficient (Wildman–Crippen LogP) is 3.94. The van der Waals surface area contributed by atoms with Crippen LogP contribution in [-0.4, -0.2) is 30.3 Å². The molecule has 0 atom stereocenters. The summed E-state index contributed by atoms with van der Waals surface area (Å²) in [5.74, 6) is 0.204. The molecule has 1 amide bonds. The average Bonchev–Trinajstić information content (AvgIpc) is 3.08. The molecule has 0 saturated carbocycles. The van der Waals surface area contributed by atoms with Gasteiger partial charge in [0.15, 0.2) is 0 Å². The molecule has 36 heavy (non-hydrogen) atoms. The maximum Gasteiger partial charge on any atom is 0.296 e. The largest absolute Gasteiger partial charge is 0.494 e. The Balaban J connectivity index is 1.58. The summed E-state index contributed by atoms with van der Waals surface area (Å²) < 4.78 is 37.1. The summed E-state index contributed by atoms with van der Waals surface area (Å²) in [5, 5.41) is 2.74. The minimum absolute atomic E-state index is 0.0643. The van der Waals surface area contributed by atoms with Crippen LogP contribution in [0.2, 0.25) is 0 Å². The second kappa shape index (κ2) is 10.1. The molecule has 2 N–H and O–H groups in total. The first-order chi connectivity index (χ1) is 17.2. The van der Waals surface area contributed by atoms with Gasteiger partial charge in [0.1, 0.15) is 11.4 Å². The van der Waals surface area contributed by atoms with Crippen LogP contribution in [0.4, 0.5) is 11.4 Å². The summed E-state index contributed by atoms with van der Waals surface area (Å²) in [6.07, 6.45) is 0. The molecule has 0 bridgehead atoms. The van der Waals surface area contributed by atoms with Crippen LogP contribution in [0.1, 0.15) is 23.0 Å². The Morgan fingerprint density at radius 1 is 0.972 bits per heavy atom. The van der Waals surface area contributed by atoms with Crippen molar-refractivity contribution in [2.45, 2.75) is 18.7 Å². The van der Waals surface area contributed by atoms with Gasteiger partial charge in [-0.3, -0.25) is 19.0 Å². The fraction of sp³-hybridized carbons (Fsp3) is 0.154. The van der Waals surface area contributed by atoms with E-state index in [0.717, 1.165) is 0 Å². The standard InChI is InChI=1S/C26H26N4O5S/c1-4-35-22-15-13-20(14-16-22)27-25(31)19-9-8-12-23(17-19)36(33,34)28-24-18(2)29(3)30(26(24)32)21-10-6-5-7-11-21/h5-17,28H,4H2,1-3H3,(H,27,31). The van der Waals surface area contributed by atoms with E-state index in [0.29, 0.717) is 29.4 Å². The average molecular weight is 507 g/mol. The van der Waals surface area contributed by atoms with Crippen LogP contribution in [0, 0.1) is 6.92 Å². The van der Waals surface area contributed by atoms with Crippen molar-refractivity contribution in [3.8, 4) is 11.4 Å². The second-order valence-electron chi connectivity index (χ2n) is 7.98. The summed E-state index contributed by atoms with van der Waals surface area (Å²) in [6.45, 7) is 4.06. The van der Waals surface area contributed by atoms with Crippen LogP contribution < -0.4 is 20.3 Å². The number of rotatable bonds is 8. The highest BCUT2D eigenvalue weighted by atomic mass is 32.2. The first kappa shape index (κ1) is 24.8. The molecule has 0 spiro atoms. The highest BCUT2D eigenvalue weighted by molar-refractivity contribution is 7.92. The molecule has 0 aliphatic carbocycles. The van der Waals surface area contributed by atoms with E-state index < -0.39 is 21.5 Å². The molecule has 0 unspecified atom stereocenters. The Labute approximate surface area is 209 Å². The normalized spacial score (nSPS) is 11.2. The van der Waals surface area contributed by atoms with E-state index in [9.17, 15) is 18.0 Å². The molecular formula is C26H26N4O5S. The van der Waals surface area contributed by atoms with E-state index >= 15 is 0 Å². The number of carbonyl (C=O) groups is 1. The molecule has 186 valence electrons. The topological polar surface area (TPSA) is 111 Å². The molecule has 10 heteroatoms. The number of hydrogen-bond donors (Lipinski definition) is 2. The first-order valence-corrected chi connectivity index (χ1v) is 12.7. The third kappa shape index (κ3) is 5.03. The van der Waals surface area contributed by atoms with Gasteiger partial charge in [-0.15, -0.1) is 0 Å². The molecule has 0 fully saturated rings. The number of hydrogen-bond acceptors (Lipinski definition) is 5. The van der Waals surface area contributed by atoms with Gasteiger partial charge in [0, 0.05) is 18.3 Å². The summed E-state index contributed by atoms with van der Waals surface area (Å²) in [5.41, 5.74) is 1.16. The molecule has 4 aromatic rings. The maximum absolute atomic E-state index is 13.2. The molecule has 0 aliphatic heterocycles. The van der Waals surface area contributed by atoms with Gasteiger partial charge in [-0.2, -0.15) is 0 Å². The molecule has 9 nitrogen and oxygen atoms in total. The van der Waals surface area contributed by atoms with E-state index in [1.807, 2.05) is 13.0 Å². The Morgan fingerprint density at radius 2 is 1.67 bits per heavy atom. The zero-order valence-corrected chi connectivity index (χ0v) is 20.9. The molecule has 0 radical (unpaired) electrons. The van der Waals surface area contributed by atoms with E-state index in [2.05, 4.69) is 10.0 Å². The Bertz CT molecular complexity index is 1560. The number of amides is 1. The fourth-order valence-electron chi connectivity index (χ4n) is 3.69. The lowest BCUT2D eigenvalue weighted by molar-refractivity contribution is 0.102. The molecule has 1 heterocycles. The first-order valence-electron chi connectivity index (χ1n) is 11.2. The quantitative estimate of drug-likeness (QED) is 0.376. The number of anilines is 2. The van der Waals surface area contributed by atoms with Crippen molar-refractivity contribution in [1.82, 2.24) is 9.36 Å². The van der Waals surface area contributed by atoms with Gasteiger partial charge in [-0.25, -0.2) is 13.1 Å². The third-order valence-corrected chi connectivity index (χ3v) is 6.97. The Hall–Kier alpha value is -4.31. The van der Waals surface area contributed by atoms with Gasteiger partial charge in [-0.05, 0) is 68.4 Å². The number of para-hydroxylation sites is 1. The number of ether oxygens (including phenoxy) is 1. The van der Waals surface area contributed by atoms with Crippen molar-refractivity contribution in [1.29, 1.82) is 0 Å². The van der Waals surface area contributed by atoms with E-state index in [1.54, 1.807) is 67.2 Å². The van der Waals surface area contributed by atoms with Crippen LogP contribution >= 0.6 is 0 Å². The zero-order chi connectivity index (χ0) is 25.9. The van der Waals surface area contributed by atoms with Gasteiger partial charge in [0.25, 0.3) is 21.5 Å². The number of nitrogens with one attached hydrogen (secondary N) is 2. The number of aromatic nitrogens is 2. The smallest absolute Gasteiger partial charge is 0.296 e. The summed E-state index contributed by atoms with van der Waals surface area (Å²) in [7, 11) is -2.48. The third-order valence-electron chi connectivity index (χ3n) is 5.62. The molecule has 4 rings (SSSR count). The summed E-state index contributed by atoms with van der Waals surface area (Å²) in [6, 6.07) is 21.4. The molecule has 0 aliphatic rings. The molecule has 3 aromatic carbocycles. The number of nitrogens with zero attached hydrogens (tertiary/aromatic N) is 2. The SMILES string of the molecule is CCOc1ccc(NC(=O)c2cccc(S(=O)(=O)Nc3c(C)n(C)n(-c4ccccc4)c3=O)c2)cc1. The van der Waals surface area contributed by atoms with Crippen LogP contribution in [0.25, 0.3) is 5.69 Å². The van der Waals surface area contributed by atoms with Gasteiger partial charge in [0.05, 0.1) is 22.9 Å². The van der Waals surface area contributed by atoms with Crippen LogP contribution in [0.5, 0.6) is 5.75 Å². The van der Waals surface area contributed by atoms with Gasteiger partial charge in [0.2, 0.25) is 0 Å². The van der Waals surface area contributed by atoms with Crippen molar-refractivity contribution >= 4 is 27.3 Å². The second-order valence-corrected chi connectivity index (χ2v) is 9.66. The predicted molar refractivity (Wildman–Crippen MR) is 139 cm³/mol. The monoisotopic (exact) mass is 506 g/mol. The highest BCUT2D eigenvalue weighted by Crippen LogP contribution is 2.21. The fourth-order valence-corrected chi connectivity index (χ4v) is 4.85. The molecule has 0 saturated heterocycles. The van der Waals surface area contributed by atoms with Gasteiger partial charge < -0.3 is 10.1 Å². The maximum atomic E-state index is 13.2. The summed E-state index contributed by atoms with van der Waals surface area (Å²) >= 11 is 0. The van der Waals surface area contributed by atoms with E-state index in [4.69, 9.17) is 4.74 Å². The molecular weight excluding hydrogens is 480 g/mol. The Kier molecular flexibility index (Phi) is 6.98. The van der Waals surface area contributed by atoms with E-state index in [1.165, 1.54) is 28.9 Å². The van der Waals surface area contributed by atoms with Crippen molar-refractivity contribution < 1.29 is 17.9 Å². The van der Waals surface area contributed by atoms with Crippen molar-refractivity contribution in [2.75, 3.05) is 16.6 Å². The zero-order valence-electron chi connectivity index (χ0n) is 20.1. The van der Waals surface area contributed by atoms with Gasteiger partial charge in [-0.1, -0.05) is 24.3 Å². The highest BCUT2D eigenvalue weighted by Gasteiger charge is 2.23. The lowest BCUT2D eigenvalue weighted by Gasteiger charge is -2.10. The van der Waals surface area contributed by atoms with Gasteiger partial charge >= 0.3 is 0 Å². The number of benzene rings is 3.